The monoisotopic (exact) mass is 228 g/mol. The van der Waals surface area contributed by atoms with E-state index in [2.05, 4.69) is 11.0 Å². The van der Waals surface area contributed by atoms with Gasteiger partial charge in [0.15, 0.2) is 0 Å². The van der Waals surface area contributed by atoms with E-state index in [4.69, 9.17) is 5.73 Å². The van der Waals surface area contributed by atoms with Crippen LogP contribution in [0.3, 0.4) is 0 Å². The van der Waals surface area contributed by atoms with Crippen molar-refractivity contribution in [1.82, 2.24) is 4.57 Å². The first kappa shape index (κ1) is 12.0. The highest BCUT2D eigenvalue weighted by molar-refractivity contribution is 7.98. The van der Waals surface area contributed by atoms with Gasteiger partial charge in [-0.1, -0.05) is 0 Å². The molecule has 84 valence electrons. The van der Waals surface area contributed by atoms with Crippen LogP contribution >= 0.6 is 11.8 Å². The second kappa shape index (κ2) is 5.70. The van der Waals surface area contributed by atoms with Gasteiger partial charge in [-0.3, -0.25) is 0 Å². The number of nitrogens with zero attached hydrogens (tertiary/aromatic N) is 1. The zero-order valence-electron chi connectivity index (χ0n) is 9.03. The first-order valence-electron chi connectivity index (χ1n) is 4.72. The van der Waals surface area contributed by atoms with Gasteiger partial charge in [0.1, 0.15) is 5.69 Å². The van der Waals surface area contributed by atoms with Crippen LogP contribution in [0.25, 0.3) is 0 Å². The Labute approximate surface area is 93.8 Å². The van der Waals surface area contributed by atoms with E-state index in [-0.39, 0.29) is 5.97 Å². The van der Waals surface area contributed by atoms with Crippen LogP contribution in [0, 0.1) is 0 Å². The van der Waals surface area contributed by atoms with Crippen molar-refractivity contribution in [3.8, 4) is 0 Å². The Morgan fingerprint density at radius 2 is 2.40 bits per heavy atom. The number of esters is 1. The average Bonchev–Trinajstić information content (AvgIpc) is 2.59. The molecule has 1 rings (SSSR count). The van der Waals surface area contributed by atoms with E-state index < -0.39 is 0 Å². The summed E-state index contributed by atoms with van der Waals surface area (Å²) in [5, 5.41) is 0. The van der Waals surface area contributed by atoms with Crippen LogP contribution in [-0.2, 0) is 11.3 Å². The van der Waals surface area contributed by atoms with Crippen molar-refractivity contribution in [2.24, 2.45) is 0 Å². The third-order valence-electron chi connectivity index (χ3n) is 2.06. The number of hydrogen-bond donors (Lipinski definition) is 1. The van der Waals surface area contributed by atoms with Crippen LogP contribution in [0.15, 0.2) is 12.3 Å². The Morgan fingerprint density at radius 1 is 1.67 bits per heavy atom. The number of carbonyl (C=O) groups is 1. The molecule has 0 saturated carbocycles. The number of rotatable bonds is 5. The summed E-state index contributed by atoms with van der Waals surface area (Å²) in [5.41, 5.74) is 6.76. The molecule has 0 fully saturated rings. The molecule has 0 saturated heterocycles. The first-order valence-corrected chi connectivity index (χ1v) is 6.11. The smallest absolute Gasteiger partial charge is 0.354 e. The minimum Gasteiger partial charge on any atom is -0.464 e. The van der Waals surface area contributed by atoms with E-state index in [1.807, 2.05) is 4.57 Å². The molecule has 0 aliphatic heterocycles. The minimum atomic E-state index is -0.337. The Morgan fingerprint density at radius 3 is 3.00 bits per heavy atom. The van der Waals surface area contributed by atoms with Gasteiger partial charge in [-0.05, 0) is 24.5 Å². The highest BCUT2D eigenvalue weighted by Crippen LogP contribution is 2.13. The topological polar surface area (TPSA) is 57.2 Å². The van der Waals surface area contributed by atoms with Crippen LogP contribution in [0.5, 0.6) is 0 Å². The van der Waals surface area contributed by atoms with Crippen molar-refractivity contribution >= 4 is 23.4 Å². The van der Waals surface area contributed by atoms with Crippen LogP contribution in [0.2, 0.25) is 0 Å². The molecule has 0 aromatic carbocycles. The normalized spacial score (nSPS) is 10.3. The number of aryl methyl sites for hydroxylation is 1. The largest absolute Gasteiger partial charge is 0.464 e. The molecule has 1 heterocycles. The fourth-order valence-corrected chi connectivity index (χ4v) is 1.79. The van der Waals surface area contributed by atoms with E-state index in [0.29, 0.717) is 11.4 Å². The van der Waals surface area contributed by atoms with Gasteiger partial charge in [0.25, 0.3) is 0 Å². The van der Waals surface area contributed by atoms with Gasteiger partial charge >= 0.3 is 5.97 Å². The first-order chi connectivity index (χ1) is 7.19. The second-order valence-corrected chi connectivity index (χ2v) is 4.18. The predicted octanol–water partition coefficient (Wildman–Crippen LogP) is 1.61. The van der Waals surface area contributed by atoms with Crippen LogP contribution in [0.1, 0.15) is 16.9 Å². The highest BCUT2D eigenvalue weighted by Gasteiger charge is 2.12. The number of hydrogen-bond acceptors (Lipinski definition) is 4. The van der Waals surface area contributed by atoms with Gasteiger partial charge in [-0.25, -0.2) is 4.79 Å². The summed E-state index contributed by atoms with van der Waals surface area (Å²) in [5.74, 6) is 0.731. The standard InChI is InChI=1S/C10H16N2O2S/c1-14-10(13)9-6-8(11)7-12(9)4-3-5-15-2/h6-7H,3-5,11H2,1-2H3. The van der Waals surface area contributed by atoms with Crippen LogP contribution in [0.4, 0.5) is 5.69 Å². The number of aromatic nitrogens is 1. The molecule has 0 aliphatic rings. The number of anilines is 1. The van der Waals surface area contributed by atoms with Crippen LogP contribution < -0.4 is 5.73 Å². The molecule has 15 heavy (non-hydrogen) atoms. The van der Waals surface area contributed by atoms with Gasteiger partial charge in [0.05, 0.1) is 12.8 Å². The fraction of sp³-hybridized carbons (Fsp3) is 0.500. The molecule has 1 aromatic heterocycles. The molecule has 0 radical (unpaired) electrons. The molecule has 0 aliphatic carbocycles. The van der Waals surface area contributed by atoms with Gasteiger partial charge in [-0.15, -0.1) is 0 Å². The molecular weight excluding hydrogens is 212 g/mol. The summed E-state index contributed by atoms with van der Waals surface area (Å²) in [7, 11) is 1.37. The zero-order valence-corrected chi connectivity index (χ0v) is 9.84. The lowest BCUT2D eigenvalue weighted by Gasteiger charge is -2.06. The number of carbonyl (C=O) groups excluding carboxylic acids is 1. The van der Waals surface area contributed by atoms with Gasteiger partial charge in [0, 0.05) is 12.7 Å². The SMILES string of the molecule is COC(=O)c1cc(N)cn1CCCSC. The molecule has 0 atom stereocenters. The molecule has 4 nitrogen and oxygen atoms in total. The number of ether oxygens (including phenoxy) is 1. The highest BCUT2D eigenvalue weighted by atomic mass is 32.2. The maximum absolute atomic E-state index is 11.4. The summed E-state index contributed by atoms with van der Waals surface area (Å²) < 4.78 is 6.52. The summed E-state index contributed by atoms with van der Waals surface area (Å²) in [6, 6.07) is 1.64. The van der Waals surface area contributed by atoms with E-state index >= 15 is 0 Å². The Kier molecular flexibility index (Phi) is 4.55. The summed E-state index contributed by atoms with van der Waals surface area (Å²) in [6.07, 6.45) is 4.84. The Hall–Kier alpha value is -1.10. The zero-order chi connectivity index (χ0) is 11.3. The maximum atomic E-state index is 11.4. The number of nitrogens with two attached hydrogens (primary N) is 1. The van der Waals surface area contributed by atoms with E-state index in [1.54, 1.807) is 24.0 Å². The lowest BCUT2D eigenvalue weighted by atomic mass is 10.4. The lowest BCUT2D eigenvalue weighted by molar-refractivity contribution is 0.0588. The van der Waals surface area contributed by atoms with Crippen molar-refractivity contribution in [1.29, 1.82) is 0 Å². The molecular formula is C10H16N2O2S. The molecule has 0 spiro atoms. The Balaban J connectivity index is 2.72. The van der Waals surface area contributed by atoms with Crippen LogP contribution in [-0.4, -0.2) is 29.7 Å². The average molecular weight is 228 g/mol. The van der Waals surface area contributed by atoms with Gasteiger partial charge in [0.2, 0.25) is 0 Å². The minimum absolute atomic E-state index is 0.337. The number of methoxy groups -OCH3 is 1. The van der Waals surface area contributed by atoms with Crippen molar-refractivity contribution in [3.63, 3.8) is 0 Å². The van der Waals surface area contributed by atoms with Gasteiger partial charge in [-0.2, -0.15) is 11.8 Å². The van der Waals surface area contributed by atoms with E-state index in [0.717, 1.165) is 18.7 Å². The van der Waals surface area contributed by atoms with Crippen molar-refractivity contribution in [3.05, 3.63) is 18.0 Å². The lowest BCUT2D eigenvalue weighted by Crippen LogP contribution is -2.10. The summed E-state index contributed by atoms with van der Waals surface area (Å²) >= 11 is 1.79. The van der Waals surface area contributed by atoms with Crippen molar-refractivity contribution < 1.29 is 9.53 Å². The number of nitrogen functional groups attached to an aromatic ring is 1. The maximum Gasteiger partial charge on any atom is 0.354 e. The molecule has 2 N–H and O–H groups in total. The fourth-order valence-electron chi connectivity index (χ4n) is 1.37. The summed E-state index contributed by atoms with van der Waals surface area (Å²) in [4.78, 5) is 11.4. The van der Waals surface area contributed by atoms with Crippen molar-refractivity contribution in [2.45, 2.75) is 13.0 Å². The third kappa shape index (κ3) is 3.20. The molecule has 0 unspecified atom stereocenters. The molecule has 0 bridgehead atoms. The Bertz CT molecular complexity index is 336. The predicted molar refractivity (Wildman–Crippen MR) is 63.2 cm³/mol. The van der Waals surface area contributed by atoms with E-state index in [1.165, 1.54) is 7.11 Å². The van der Waals surface area contributed by atoms with E-state index in [9.17, 15) is 4.79 Å². The summed E-state index contributed by atoms with van der Waals surface area (Å²) in [6.45, 7) is 0.794. The second-order valence-electron chi connectivity index (χ2n) is 3.19. The van der Waals surface area contributed by atoms with Gasteiger partial charge < -0.3 is 15.0 Å². The molecule has 1 aromatic rings. The molecule has 0 amide bonds. The third-order valence-corrected chi connectivity index (χ3v) is 2.76. The molecule has 5 heteroatoms. The number of thioether (sulfide) groups is 1. The quantitative estimate of drug-likeness (QED) is 0.614. The van der Waals surface area contributed by atoms with Crippen molar-refractivity contribution in [2.75, 3.05) is 24.9 Å².